The van der Waals surface area contributed by atoms with Crippen LogP contribution >= 0.6 is 11.3 Å². The number of fused-ring (bicyclic) bond motifs is 1. The summed E-state index contributed by atoms with van der Waals surface area (Å²) in [5, 5.41) is 22.6. The lowest BCUT2D eigenvalue weighted by molar-refractivity contribution is -0.384. The molecule has 3 aromatic carbocycles. The molecule has 1 aliphatic heterocycles. The summed E-state index contributed by atoms with van der Waals surface area (Å²) in [7, 11) is 0. The zero-order valence-electron chi connectivity index (χ0n) is 17.8. The van der Waals surface area contributed by atoms with Crippen LogP contribution in [0.3, 0.4) is 0 Å². The number of aliphatic hydroxyl groups is 1. The van der Waals surface area contributed by atoms with Gasteiger partial charge < -0.3 is 5.11 Å². The van der Waals surface area contributed by atoms with Crippen LogP contribution in [0.1, 0.15) is 22.7 Å². The molecule has 0 bridgehead atoms. The standard InChI is InChI=1S/C25H17N3O5S/c1-14-6-8-16(9-7-14)22(29)20-21(15-10-12-17(13-11-15)28(32)33)27(24(31)23(20)30)25-26-18-4-2-3-5-19(18)34-25/h2-13,21,29H,1H3/b22-20-/t21-/m0/s1. The molecule has 2 heterocycles. The molecule has 1 fully saturated rings. The highest BCUT2D eigenvalue weighted by Gasteiger charge is 2.48. The van der Waals surface area contributed by atoms with E-state index < -0.39 is 22.7 Å². The van der Waals surface area contributed by atoms with E-state index in [4.69, 9.17) is 0 Å². The first-order chi connectivity index (χ1) is 16.3. The normalized spacial score (nSPS) is 17.4. The summed E-state index contributed by atoms with van der Waals surface area (Å²) >= 11 is 1.25. The molecule has 9 heteroatoms. The maximum absolute atomic E-state index is 13.2. The molecule has 0 saturated carbocycles. The number of aliphatic hydroxyl groups excluding tert-OH is 1. The van der Waals surface area contributed by atoms with Gasteiger partial charge >= 0.3 is 5.91 Å². The van der Waals surface area contributed by atoms with Crippen molar-refractivity contribution in [1.82, 2.24) is 4.98 Å². The van der Waals surface area contributed by atoms with Crippen molar-refractivity contribution < 1.29 is 19.6 Å². The molecule has 0 aliphatic carbocycles. The van der Waals surface area contributed by atoms with E-state index in [2.05, 4.69) is 4.98 Å². The molecule has 1 amide bonds. The van der Waals surface area contributed by atoms with E-state index in [-0.39, 0.29) is 17.0 Å². The van der Waals surface area contributed by atoms with Gasteiger partial charge in [-0.1, -0.05) is 53.3 Å². The second-order valence-corrected chi connectivity index (χ2v) is 8.86. The van der Waals surface area contributed by atoms with Gasteiger partial charge in [-0.3, -0.25) is 24.6 Å². The molecule has 1 saturated heterocycles. The molecule has 4 aromatic rings. The Morgan fingerprint density at radius 1 is 1.03 bits per heavy atom. The van der Waals surface area contributed by atoms with Gasteiger partial charge in [0.05, 0.1) is 26.8 Å². The van der Waals surface area contributed by atoms with Crippen LogP contribution < -0.4 is 4.90 Å². The Bertz CT molecular complexity index is 1460. The molecule has 5 rings (SSSR count). The van der Waals surface area contributed by atoms with E-state index in [1.165, 1.54) is 40.5 Å². The van der Waals surface area contributed by atoms with Gasteiger partial charge in [-0.15, -0.1) is 0 Å². The number of aryl methyl sites for hydroxylation is 1. The molecular weight excluding hydrogens is 454 g/mol. The Labute approximate surface area is 197 Å². The Hall–Kier alpha value is -4.37. The Morgan fingerprint density at radius 2 is 1.71 bits per heavy atom. The van der Waals surface area contributed by atoms with Crippen molar-refractivity contribution in [3.8, 4) is 0 Å². The number of para-hydroxylation sites is 1. The van der Waals surface area contributed by atoms with Crippen molar-refractivity contribution in [2.24, 2.45) is 0 Å². The largest absolute Gasteiger partial charge is 0.507 e. The number of ketones is 1. The molecule has 1 atom stereocenters. The van der Waals surface area contributed by atoms with Crippen LogP contribution in [0.5, 0.6) is 0 Å². The number of nitro groups is 1. The van der Waals surface area contributed by atoms with Gasteiger partial charge in [-0.25, -0.2) is 4.98 Å². The third-order valence-corrected chi connectivity index (χ3v) is 6.71. The second kappa shape index (κ2) is 8.20. The van der Waals surface area contributed by atoms with E-state index in [0.29, 0.717) is 21.8 Å². The summed E-state index contributed by atoms with van der Waals surface area (Å²) in [6, 6.07) is 18.8. The molecule has 168 valence electrons. The minimum atomic E-state index is -0.998. The number of benzene rings is 3. The predicted octanol–water partition coefficient (Wildman–Crippen LogP) is 5.14. The zero-order chi connectivity index (χ0) is 24.0. The van der Waals surface area contributed by atoms with Gasteiger partial charge in [0.15, 0.2) is 5.13 Å². The number of hydrogen-bond acceptors (Lipinski definition) is 7. The van der Waals surface area contributed by atoms with Crippen LogP contribution in [0.15, 0.2) is 78.4 Å². The first-order valence-electron chi connectivity index (χ1n) is 10.3. The molecule has 8 nitrogen and oxygen atoms in total. The first kappa shape index (κ1) is 21.5. The highest BCUT2D eigenvalue weighted by atomic mass is 32.1. The topological polar surface area (TPSA) is 114 Å². The van der Waals surface area contributed by atoms with Crippen LogP contribution in [0.2, 0.25) is 0 Å². The second-order valence-electron chi connectivity index (χ2n) is 7.85. The number of aromatic nitrogens is 1. The number of non-ortho nitro benzene ring substituents is 1. The van der Waals surface area contributed by atoms with Crippen molar-refractivity contribution in [1.29, 1.82) is 0 Å². The van der Waals surface area contributed by atoms with Crippen molar-refractivity contribution in [2.45, 2.75) is 13.0 Å². The highest BCUT2D eigenvalue weighted by molar-refractivity contribution is 7.22. The summed E-state index contributed by atoms with van der Waals surface area (Å²) in [5.41, 5.74) is 2.25. The monoisotopic (exact) mass is 471 g/mol. The smallest absolute Gasteiger partial charge is 0.301 e. The van der Waals surface area contributed by atoms with Crippen LogP contribution in [0.25, 0.3) is 16.0 Å². The number of amides is 1. The van der Waals surface area contributed by atoms with Gasteiger partial charge in [0.2, 0.25) is 0 Å². The van der Waals surface area contributed by atoms with Crippen LogP contribution in [0.4, 0.5) is 10.8 Å². The lowest BCUT2D eigenvalue weighted by Gasteiger charge is -2.22. The number of rotatable bonds is 4. The number of nitrogens with zero attached hydrogens (tertiary/aromatic N) is 3. The average Bonchev–Trinajstić information content (AvgIpc) is 3.37. The van der Waals surface area contributed by atoms with Gasteiger partial charge in [-0.2, -0.15) is 0 Å². The Kier molecular flexibility index (Phi) is 5.18. The van der Waals surface area contributed by atoms with Crippen LogP contribution in [-0.2, 0) is 9.59 Å². The minimum Gasteiger partial charge on any atom is -0.507 e. The molecule has 1 N–H and O–H groups in total. The number of carbonyl (C=O) groups is 2. The molecule has 1 aromatic heterocycles. The fourth-order valence-corrected chi connectivity index (χ4v) is 4.95. The minimum absolute atomic E-state index is 0.0954. The SMILES string of the molecule is Cc1ccc(/C(O)=C2/C(=O)C(=O)N(c3nc4ccccc4s3)[C@H]2c2ccc([N+](=O)[O-])cc2)cc1. The lowest BCUT2D eigenvalue weighted by Crippen LogP contribution is -2.29. The van der Waals surface area contributed by atoms with E-state index >= 15 is 0 Å². The number of hydrogen-bond donors (Lipinski definition) is 1. The van der Waals surface area contributed by atoms with Crippen molar-refractivity contribution in [3.63, 3.8) is 0 Å². The maximum atomic E-state index is 13.2. The number of Topliss-reactive ketones (excluding diaryl/α,β-unsaturated/α-hetero) is 1. The van der Waals surface area contributed by atoms with Gasteiger partial charge in [0.1, 0.15) is 5.76 Å². The molecule has 1 aliphatic rings. The third-order valence-electron chi connectivity index (χ3n) is 5.68. The number of thiazole rings is 1. The van der Waals surface area contributed by atoms with Gasteiger partial charge in [0.25, 0.3) is 11.5 Å². The average molecular weight is 471 g/mol. The fraction of sp³-hybridized carbons (Fsp3) is 0.0800. The number of carbonyl (C=O) groups excluding carboxylic acids is 2. The Balaban J connectivity index is 1.72. The first-order valence-corrected chi connectivity index (χ1v) is 11.1. The molecule has 0 spiro atoms. The van der Waals surface area contributed by atoms with E-state index in [9.17, 15) is 24.8 Å². The van der Waals surface area contributed by atoms with Crippen molar-refractivity contribution >= 4 is 49.8 Å². The molecule has 0 radical (unpaired) electrons. The molecule has 34 heavy (non-hydrogen) atoms. The number of anilines is 1. The lowest BCUT2D eigenvalue weighted by atomic mass is 9.95. The number of nitro benzene ring substituents is 1. The van der Waals surface area contributed by atoms with Gasteiger partial charge in [0, 0.05) is 17.7 Å². The summed E-state index contributed by atoms with van der Waals surface area (Å²) in [6.07, 6.45) is 0. The van der Waals surface area contributed by atoms with Crippen molar-refractivity contribution in [3.05, 3.63) is 105 Å². The quantitative estimate of drug-likeness (QED) is 0.145. The maximum Gasteiger partial charge on any atom is 0.301 e. The zero-order valence-corrected chi connectivity index (χ0v) is 18.7. The van der Waals surface area contributed by atoms with Crippen molar-refractivity contribution in [2.75, 3.05) is 4.90 Å². The summed E-state index contributed by atoms with van der Waals surface area (Å²) in [5.74, 6) is -1.98. The van der Waals surface area contributed by atoms with E-state index in [1.54, 1.807) is 30.3 Å². The fourth-order valence-electron chi connectivity index (χ4n) is 3.95. The summed E-state index contributed by atoms with van der Waals surface area (Å²) in [6.45, 7) is 1.90. The Morgan fingerprint density at radius 3 is 2.35 bits per heavy atom. The predicted molar refractivity (Wildman–Crippen MR) is 129 cm³/mol. The summed E-state index contributed by atoms with van der Waals surface area (Å²) < 4.78 is 0.834. The van der Waals surface area contributed by atoms with E-state index in [1.807, 2.05) is 25.1 Å². The van der Waals surface area contributed by atoms with E-state index in [0.717, 1.165) is 10.3 Å². The van der Waals surface area contributed by atoms with Gasteiger partial charge in [-0.05, 0) is 36.8 Å². The third kappa shape index (κ3) is 3.52. The molecule has 0 unspecified atom stereocenters. The molecular formula is C25H17N3O5S. The van der Waals surface area contributed by atoms with Crippen LogP contribution in [0, 0.1) is 17.0 Å². The van der Waals surface area contributed by atoms with Crippen LogP contribution in [-0.4, -0.2) is 26.7 Å². The highest BCUT2D eigenvalue weighted by Crippen LogP contribution is 2.44. The summed E-state index contributed by atoms with van der Waals surface area (Å²) in [4.78, 5) is 42.8.